The highest BCUT2D eigenvalue weighted by Crippen LogP contribution is 2.41. The molecule has 0 saturated heterocycles. The molecule has 0 spiro atoms. The Hall–Kier alpha value is -4.66. The second-order valence-electron chi connectivity index (χ2n) is 9.17. The first-order valence-electron chi connectivity index (χ1n) is 12.2. The van der Waals surface area contributed by atoms with Crippen LogP contribution in [0.5, 0.6) is 0 Å². The van der Waals surface area contributed by atoms with E-state index in [4.69, 9.17) is 0 Å². The third kappa shape index (κ3) is 3.31. The molecule has 0 unspecified atom stereocenters. The van der Waals surface area contributed by atoms with Gasteiger partial charge in [-0.1, -0.05) is 36.4 Å². The molecular formula is C30H22N2O6. The standard InChI is InChI=1S/C30H22N2O6/c33-15-13-17-5-1-3-7-23(17)31-27(35)19-9-11-21-26-22(12-10-20(25(19)26)28(31)36)30(38)32(29(21)37)24-8-4-2-6-18(24)14-16-34/h1-12,33-34H,13-16H2. The molecule has 0 atom stereocenters. The zero-order chi connectivity index (χ0) is 26.6. The smallest absolute Gasteiger partial charge is 0.265 e. The summed E-state index contributed by atoms with van der Waals surface area (Å²) in [6.45, 7) is -0.289. The highest BCUT2D eigenvalue weighted by Gasteiger charge is 2.41. The van der Waals surface area contributed by atoms with Gasteiger partial charge in [-0.15, -0.1) is 0 Å². The van der Waals surface area contributed by atoms with Crippen molar-refractivity contribution in [2.24, 2.45) is 0 Å². The van der Waals surface area contributed by atoms with Crippen LogP contribution in [0, 0.1) is 0 Å². The molecule has 0 fully saturated rings. The van der Waals surface area contributed by atoms with E-state index >= 15 is 0 Å². The van der Waals surface area contributed by atoms with Gasteiger partial charge >= 0.3 is 0 Å². The molecular weight excluding hydrogens is 484 g/mol. The lowest BCUT2D eigenvalue weighted by atomic mass is 9.85. The fraction of sp³-hybridized carbons (Fsp3) is 0.133. The molecule has 0 aromatic heterocycles. The molecule has 2 heterocycles. The fourth-order valence-corrected chi connectivity index (χ4v) is 5.43. The molecule has 8 heteroatoms. The van der Waals surface area contributed by atoms with Crippen LogP contribution in [-0.4, -0.2) is 47.1 Å². The summed E-state index contributed by atoms with van der Waals surface area (Å²) < 4.78 is 0. The number of carbonyl (C=O) groups excluding carboxylic acids is 4. The number of imide groups is 2. The Labute approximate surface area is 217 Å². The van der Waals surface area contributed by atoms with Crippen LogP contribution in [0.4, 0.5) is 11.4 Å². The number of amides is 4. The lowest BCUT2D eigenvalue weighted by molar-refractivity contribution is 0.0872. The van der Waals surface area contributed by atoms with E-state index in [0.717, 1.165) is 9.80 Å². The van der Waals surface area contributed by atoms with E-state index in [-0.39, 0.29) is 59.1 Å². The highest BCUT2D eigenvalue weighted by atomic mass is 16.3. The first-order chi connectivity index (χ1) is 18.5. The van der Waals surface area contributed by atoms with E-state index in [1.165, 1.54) is 24.3 Å². The Bertz CT molecular complexity index is 1500. The van der Waals surface area contributed by atoms with Crippen molar-refractivity contribution in [2.45, 2.75) is 12.8 Å². The number of aliphatic hydroxyl groups excluding tert-OH is 2. The van der Waals surface area contributed by atoms with Crippen molar-refractivity contribution in [3.63, 3.8) is 0 Å². The van der Waals surface area contributed by atoms with Gasteiger partial charge in [-0.05, 0) is 60.4 Å². The Morgan fingerprint density at radius 2 is 0.789 bits per heavy atom. The van der Waals surface area contributed by atoms with Crippen LogP contribution in [0.3, 0.4) is 0 Å². The highest BCUT2D eigenvalue weighted by molar-refractivity contribution is 6.42. The molecule has 4 aromatic carbocycles. The number of hydrogen-bond acceptors (Lipinski definition) is 6. The maximum absolute atomic E-state index is 13.7. The number of rotatable bonds is 6. The third-order valence-corrected chi connectivity index (χ3v) is 7.12. The minimum atomic E-state index is -0.563. The molecule has 4 amide bonds. The number of nitrogens with zero attached hydrogens (tertiary/aromatic N) is 2. The molecule has 188 valence electrons. The molecule has 2 N–H and O–H groups in total. The minimum Gasteiger partial charge on any atom is -0.396 e. The van der Waals surface area contributed by atoms with Crippen molar-refractivity contribution in [3.8, 4) is 0 Å². The second kappa shape index (κ2) is 9.02. The van der Waals surface area contributed by atoms with E-state index in [1.54, 1.807) is 48.5 Å². The molecule has 8 nitrogen and oxygen atoms in total. The molecule has 38 heavy (non-hydrogen) atoms. The Morgan fingerprint density at radius 1 is 0.474 bits per heavy atom. The quantitative estimate of drug-likeness (QED) is 0.387. The molecule has 0 bridgehead atoms. The molecule has 2 aliphatic rings. The molecule has 6 rings (SSSR count). The number of hydrogen-bond donors (Lipinski definition) is 2. The van der Waals surface area contributed by atoms with Crippen LogP contribution in [0.15, 0.2) is 72.8 Å². The first kappa shape index (κ1) is 23.7. The summed E-state index contributed by atoms with van der Waals surface area (Å²) in [6.07, 6.45) is 0.536. The number of benzene rings is 4. The van der Waals surface area contributed by atoms with Gasteiger partial charge in [-0.3, -0.25) is 19.2 Å². The average Bonchev–Trinajstić information content (AvgIpc) is 2.93. The zero-order valence-corrected chi connectivity index (χ0v) is 20.2. The summed E-state index contributed by atoms with van der Waals surface area (Å²) in [5, 5.41) is 19.5. The van der Waals surface area contributed by atoms with E-state index in [1.807, 2.05) is 0 Å². The summed E-state index contributed by atoms with van der Waals surface area (Å²) in [4.78, 5) is 57.0. The van der Waals surface area contributed by atoms with Gasteiger partial charge < -0.3 is 10.2 Å². The minimum absolute atomic E-state index is 0.145. The summed E-state index contributed by atoms with van der Waals surface area (Å²) in [5.41, 5.74) is 2.93. The van der Waals surface area contributed by atoms with Crippen LogP contribution in [0.1, 0.15) is 52.6 Å². The summed E-state index contributed by atoms with van der Waals surface area (Å²) in [5.74, 6) is -2.25. The van der Waals surface area contributed by atoms with Gasteiger partial charge in [0.2, 0.25) is 0 Å². The third-order valence-electron chi connectivity index (χ3n) is 7.12. The number of aliphatic hydroxyl groups is 2. The molecule has 4 aromatic rings. The largest absolute Gasteiger partial charge is 0.396 e. The van der Waals surface area contributed by atoms with Gasteiger partial charge in [0, 0.05) is 46.2 Å². The van der Waals surface area contributed by atoms with Gasteiger partial charge in [0.05, 0.1) is 11.4 Å². The lowest BCUT2D eigenvalue weighted by Gasteiger charge is -2.33. The van der Waals surface area contributed by atoms with Crippen LogP contribution < -0.4 is 9.80 Å². The average molecular weight is 507 g/mol. The fourth-order valence-electron chi connectivity index (χ4n) is 5.43. The number of anilines is 2. The van der Waals surface area contributed by atoms with E-state index in [0.29, 0.717) is 22.5 Å². The second-order valence-corrected chi connectivity index (χ2v) is 9.17. The van der Waals surface area contributed by atoms with Crippen LogP contribution in [-0.2, 0) is 12.8 Å². The van der Waals surface area contributed by atoms with E-state index in [9.17, 15) is 29.4 Å². The Kier molecular flexibility index (Phi) is 5.63. The van der Waals surface area contributed by atoms with E-state index in [2.05, 4.69) is 0 Å². The Balaban J connectivity index is 1.53. The summed E-state index contributed by atoms with van der Waals surface area (Å²) >= 11 is 0. The van der Waals surface area contributed by atoms with Crippen molar-refractivity contribution in [3.05, 3.63) is 106 Å². The van der Waals surface area contributed by atoms with Gasteiger partial charge in [0.15, 0.2) is 0 Å². The molecule has 2 aliphatic heterocycles. The number of para-hydroxylation sites is 2. The van der Waals surface area contributed by atoms with Crippen molar-refractivity contribution in [1.29, 1.82) is 0 Å². The van der Waals surface area contributed by atoms with Crippen molar-refractivity contribution >= 4 is 45.8 Å². The van der Waals surface area contributed by atoms with Crippen LogP contribution in [0.25, 0.3) is 10.8 Å². The van der Waals surface area contributed by atoms with Crippen molar-refractivity contribution in [2.75, 3.05) is 23.0 Å². The van der Waals surface area contributed by atoms with Crippen LogP contribution >= 0.6 is 0 Å². The maximum atomic E-state index is 13.7. The SMILES string of the molecule is O=C1c2ccc3c4c(ccc(c24)C(=O)N1c1ccccc1CCO)C(=O)N(c1ccccc1CCO)C3=O. The zero-order valence-electron chi connectivity index (χ0n) is 20.2. The van der Waals surface area contributed by atoms with Gasteiger partial charge in [-0.25, -0.2) is 9.80 Å². The summed E-state index contributed by atoms with van der Waals surface area (Å²) in [6, 6.07) is 19.9. The monoisotopic (exact) mass is 506 g/mol. The summed E-state index contributed by atoms with van der Waals surface area (Å²) in [7, 11) is 0. The Morgan fingerprint density at radius 3 is 1.11 bits per heavy atom. The van der Waals surface area contributed by atoms with Gasteiger partial charge in [0.1, 0.15) is 0 Å². The topological polar surface area (TPSA) is 115 Å². The first-order valence-corrected chi connectivity index (χ1v) is 12.2. The normalized spacial score (nSPS) is 14.6. The molecule has 0 aliphatic carbocycles. The molecule has 0 saturated carbocycles. The van der Waals surface area contributed by atoms with Crippen molar-refractivity contribution in [1.82, 2.24) is 0 Å². The van der Waals surface area contributed by atoms with E-state index < -0.39 is 23.6 Å². The predicted octanol–water partition coefficient (Wildman–Crippen LogP) is 3.51. The molecule has 0 radical (unpaired) electrons. The lowest BCUT2D eigenvalue weighted by Crippen LogP contribution is -2.44. The van der Waals surface area contributed by atoms with Gasteiger partial charge in [0.25, 0.3) is 23.6 Å². The van der Waals surface area contributed by atoms with Gasteiger partial charge in [-0.2, -0.15) is 0 Å². The predicted molar refractivity (Wildman–Crippen MR) is 141 cm³/mol. The van der Waals surface area contributed by atoms with Crippen LogP contribution in [0.2, 0.25) is 0 Å². The number of carbonyl (C=O) groups is 4. The van der Waals surface area contributed by atoms with Crippen molar-refractivity contribution < 1.29 is 29.4 Å². The maximum Gasteiger partial charge on any atom is 0.265 e.